The molecule has 18 heavy (non-hydrogen) atoms. The highest BCUT2D eigenvalue weighted by molar-refractivity contribution is 6.35. The molecule has 2 rings (SSSR count). The number of hydrogen-bond donors (Lipinski definition) is 1. The molecule has 0 spiro atoms. The van der Waals surface area contributed by atoms with Gasteiger partial charge in [-0.3, -0.25) is 4.79 Å². The first-order valence-corrected chi connectivity index (χ1v) is 6.52. The molecule has 0 saturated carbocycles. The van der Waals surface area contributed by atoms with Crippen LogP contribution in [0.25, 0.3) is 0 Å². The first-order valence-electron chi connectivity index (χ1n) is 5.77. The van der Waals surface area contributed by atoms with Crippen LogP contribution in [0.15, 0.2) is 18.2 Å². The third-order valence-electron chi connectivity index (χ3n) is 2.98. The van der Waals surface area contributed by atoms with Gasteiger partial charge in [-0.05, 0) is 17.7 Å². The standard InChI is InChI=1S/C13H15Cl2NO2/c1-13(7-18-8-13)6-16-12(17)4-9-2-3-10(14)5-11(9)15/h2-3,5H,4,6-8H2,1H3,(H,16,17). The Morgan fingerprint density at radius 1 is 1.44 bits per heavy atom. The SMILES string of the molecule is CC1(CNC(=O)Cc2ccc(Cl)cc2Cl)COC1. The van der Waals surface area contributed by atoms with E-state index in [-0.39, 0.29) is 17.7 Å². The van der Waals surface area contributed by atoms with Gasteiger partial charge in [-0.25, -0.2) is 0 Å². The molecule has 1 aliphatic heterocycles. The van der Waals surface area contributed by atoms with Crippen LogP contribution in [0.1, 0.15) is 12.5 Å². The van der Waals surface area contributed by atoms with E-state index in [1.165, 1.54) is 0 Å². The summed E-state index contributed by atoms with van der Waals surface area (Å²) in [7, 11) is 0. The molecule has 1 fully saturated rings. The molecule has 0 radical (unpaired) electrons. The number of hydrogen-bond acceptors (Lipinski definition) is 2. The molecule has 0 aliphatic carbocycles. The van der Waals surface area contributed by atoms with Crippen molar-refractivity contribution in [1.29, 1.82) is 0 Å². The second-order valence-corrected chi connectivity index (χ2v) is 5.84. The highest BCUT2D eigenvalue weighted by Gasteiger charge is 2.33. The molecule has 1 heterocycles. The van der Waals surface area contributed by atoms with Gasteiger partial charge in [0.15, 0.2) is 0 Å². The lowest BCUT2D eigenvalue weighted by molar-refractivity contribution is -0.126. The second kappa shape index (κ2) is 5.47. The zero-order chi connectivity index (χ0) is 13.2. The smallest absolute Gasteiger partial charge is 0.224 e. The van der Waals surface area contributed by atoms with Crippen LogP contribution in [0.3, 0.4) is 0 Å². The van der Waals surface area contributed by atoms with Gasteiger partial charge in [-0.1, -0.05) is 36.2 Å². The number of carbonyl (C=O) groups excluding carboxylic acids is 1. The molecule has 1 N–H and O–H groups in total. The minimum Gasteiger partial charge on any atom is -0.380 e. The Morgan fingerprint density at radius 2 is 2.17 bits per heavy atom. The fourth-order valence-electron chi connectivity index (χ4n) is 1.77. The monoisotopic (exact) mass is 287 g/mol. The molecule has 1 saturated heterocycles. The maximum absolute atomic E-state index is 11.8. The highest BCUT2D eigenvalue weighted by Crippen LogP contribution is 2.25. The minimum absolute atomic E-state index is 0.0349. The maximum atomic E-state index is 11.8. The van der Waals surface area contributed by atoms with Gasteiger partial charge in [0.1, 0.15) is 0 Å². The average Bonchev–Trinajstić information content (AvgIpc) is 2.28. The Hall–Kier alpha value is -0.770. The molecule has 3 nitrogen and oxygen atoms in total. The van der Waals surface area contributed by atoms with E-state index in [4.69, 9.17) is 27.9 Å². The summed E-state index contributed by atoms with van der Waals surface area (Å²) in [5.41, 5.74) is 0.869. The van der Waals surface area contributed by atoms with Gasteiger partial charge < -0.3 is 10.1 Å². The number of nitrogens with one attached hydrogen (secondary N) is 1. The molecule has 1 aromatic carbocycles. The highest BCUT2D eigenvalue weighted by atomic mass is 35.5. The predicted octanol–water partition coefficient (Wildman–Crippen LogP) is 2.69. The number of ether oxygens (including phenoxy) is 1. The Bertz CT molecular complexity index is 458. The zero-order valence-electron chi connectivity index (χ0n) is 10.1. The van der Waals surface area contributed by atoms with Gasteiger partial charge in [0.2, 0.25) is 5.91 Å². The summed E-state index contributed by atoms with van der Waals surface area (Å²) in [5.74, 6) is -0.0349. The lowest BCUT2D eigenvalue weighted by atomic mass is 9.89. The molecule has 0 unspecified atom stereocenters. The van der Waals surface area contributed by atoms with Gasteiger partial charge in [-0.2, -0.15) is 0 Å². The Labute approximate surface area is 116 Å². The van der Waals surface area contributed by atoms with Crippen molar-refractivity contribution in [3.63, 3.8) is 0 Å². The van der Waals surface area contributed by atoms with Crippen LogP contribution in [0.2, 0.25) is 10.0 Å². The van der Waals surface area contributed by atoms with Crippen molar-refractivity contribution in [2.75, 3.05) is 19.8 Å². The van der Waals surface area contributed by atoms with Crippen molar-refractivity contribution in [3.05, 3.63) is 33.8 Å². The zero-order valence-corrected chi connectivity index (χ0v) is 11.6. The van der Waals surface area contributed by atoms with Crippen LogP contribution in [-0.4, -0.2) is 25.7 Å². The largest absolute Gasteiger partial charge is 0.380 e. The van der Waals surface area contributed by atoms with Crippen molar-refractivity contribution >= 4 is 29.1 Å². The lowest BCUT2D eigenvalue weighted by Crippen LogP contribution is -2.48. The second-order valence-electron chi connectivity index (χ2n) is 4.99. The summed E-state index contributed by atoms with van der Waals surface area (Å²) in [6.07, 6.45) is 0.271. The first kappa shape index (κ1) is 13.7. The van der Waals surface area contributed by atoms with E-state index >= 15 is 0 Å². The van der Waals surface area contributed by atoms with Gasteiger partial charge >= 0.3 is 0 Å². The molecule has 0 bridgehead atoms. The van der Waals surface area contributed by atoms with Crippen molar-refractivity contribution < 1.29 is 9.53 Å². The molecule has 98 valence electrons. The first-order chi connectivity index (χ1) is 8.48. The van der Waals surface area contributed by atoms with Gasteiger partial charge in [0.25, 0.3) is 0 Å². The van der Waals surface area contributed by atoms with E-state index in [2.05, 4.69) is 12.2 Å². The van der Waals surface area contributed by atoms with Crippen LogP contribution in [-0.2, 0) is 16.0 Å². The third kappa shape index (κ3) is 3.37. The van der Waals surface area contributed by atoms with Crippen molar-refractivity contribution in [2.45, 2.75) is 13.3 Å². The Morgan fingerprint density at radius 3 is 2.72 bits per heavy atom. The summed E-state index contributed by atoms with van der Waals surface area (Å²) in [5, 5.41) is 4.00. The van der Waals surface area contributed by atoms with E-state index in [0.717, 1.165) is 5.56 Å². The Balaban J connectivity index is 1.87. The molecular weight excluding hydrogens is 273 g/mol. The molecular formula is C13H15Cl2NO2. The number of halogens is 2. The number of rotatable bonds is 4. The topological polar surface area (TPSA) is 38.3 Å². The average molecular weight is 288 g/mol. The summed E-state index contributed by atoms with van der Waals surface area (Å²) < 4.78 is 5.13. The normalized spacial score (nSPS) is 17.1. The Kier molecular flexibility index (Phi) is 4.15. The summed E-state index contributed by atoms with van der Waals surface area (Å²) >= 11 is 11.8. The van der Waals surface area contributed by atoms with Crippen molar-refractivity contribution in [3.8, 4) is 0 Å². The molecule has 0 atom stereocenters. The number of carbonyl (C=O) groups is 1. The van der Waals surface area contributed by atoms with E-state index in [9.17, 15) is 4.79 Å². The molecule has 1 aliphatic rings. The third-order valence-corrected chi connectivity index (χ3v) is 3.57. The molecule has 1 amide bonds. The quantitative estimate of drug-likeness (QED) is 0.925. The number of amides is 1. The van der Waals surface area contributed by atoms with Crippen LogP contribution in [0.4, 0.5) is 0 Å². The fraction of sp³-hybridized carbons (Fsp3) is 0.462. The summed E-state index contributed by atoms with van der Waals surface area (Å²) in [6.45, 7) is 4.13. The van der Waals surface area contributed by atoms with E-state index < -0.39 is 0 Å². The van der Waals surface area contributed by atoms with E-state index in [0.29, 0.717) is 29.8 Å². The molecule has 0 aromatic heterocycles. The predicted molar refractivity (Wildman–Crippen MR) is 72.1 cm³/mol. The fourth-order valence-corrected chi connectivity index (χ4v) is 2.24. The van der Waals surface area contributed by atoms with Gasteiger partial charge in [0, 0.05) is 22.0 Å². The summed E-state index contributed by atoms with van der Waals surface area (Å²) in [4.78, 5) is 11.8. The van der Waals surface area contributed by atoms with E-state index in [1.54, 1.807) is 18.2 Å². The van der Waals surface area contributed by atoms with Crippen LogP contribution >= 0.6 is 23.2 Å². The maximum Gasteiger partial charge on any atom is 0.224 e. The number of benzene rings is 1. The van der Waals surface area contributed by atoms with Gasteiger partial charge in [-0.15, -0.1) is 0 Å². The minimum atomic E-state index is -0.0349. The van der Waals surface area contributed by atoms with Gasteiger partial charge in [0.05, 0.1) is 19.6 Å². The molecule has 1 aromatic rings. The van der Waals surface area contributed by atoms with Crippen LogP contribution in [0, 0.1) is 5.41 Å². The lowest BCUT2D eigenvalue weighted by Gasteiger charge is -2.38. The van der Waals surface area contributed by atoms with Crippen molar-refractivity contribution in [1.82, 2.24) is 5.32 Å². The van der Waals surface area contributed by atoms with Crippen LogP contribution in [0.5, 0.6) is 0 Å². The molecule has 5 heteroatoms. The summed E-state index contributed by atoms with van der Waals surface area (Å²) in [6, 6.07) is 5.16. The van der Waals surface area contributed by atoms with Crippen molar-refractivity contribution in [2.24, 2.45) is 5.41 Å². The van der Waals surface area contributed by atoms with E-state index in [1.807, 2.05) is 0 Å². The van der Waals surface area contributed by atoms with Crippen LogP contribution < -0.4 is 5.32 Å².